The van der Waals surface area contributed by atoms with Gasteiger partial charge in [-0.3, -0.25) is 14.9 Å². The van der Waals surface area contributed by atoms with Crippen molar-refractivity contribution in [3.05, 3.63) is 122 Å². The van der Waals surface area contributed by atoms with Crippen molar-refractivity contribution in [2.75, 3.05) is 11.5 Å². The molecule has 5 rings (SSSR count). The second-order valence-corrected chi connectivity index (χ2v) is 11.7. The molecule has 0 aliphatic carbocycles. The summed E-state index contributed by atoms with van der Waals surface area (Å²) in [5, 5.41) is 2.89. The van der Waals surface area contributed by atoms with Crippen molar-refractivity contribution in [2.45, 2.75) is 34.0 Å². The Labute approximate surface area is 274 Å². The molecule has 0 aromatic heterocycles. The van der Waals surface area contributed by atoms with E-state index in [4.69, 9.17) is 25.8 Å². The van der Waals surface area contributed by atoms with Gasteiger partial charge < -0.3 is 14.2 Å². The van der Waals surface area contributed by atoms with Crippen LogP contribution < -0.4 is 24.4 Å². The van der Waals surface area contributed by atoms with Crippen LogP contribution in [0.5, 0.6) is 17.2 Å². The minimum atomic E-state index is -0.844. The van der Waals surface area contributed by atoms with Crippen LogP contribution in [0.1, 0.15) is 34.7 Å². The van der Waals surface area contributed by atoms with Gasteiger partial charge in [-0.2, -0.15) is 0 Å². The molecule has 1 aliphatic heterocycles. The van der Waals surface area contributed by atoms with E-state index in [1.165, 1.54) is 6.08 Å². The first-order chi connectivity index (χ1) is 21.6. The third-order valence-corrected chi connectivity index (χ3v) is 7.66. The van der Waals surface area contributed by atoms with Crippen LogP contribution in [-0.2, 0) is 22.8 Å². The molecule has 1 heterocycles. The molecule has 0 bridgehead atoms. The maximum Gasteiger partial charge on any atom is 0.335 e. The standard InChI is InChI=1S/C35H30BrClN2O6/c1-4-43-31-18-24(17-30(36)32(31)45-20-25-14-21(2)13-22(3)15-25)16-29-33(40)38-35(42)39(34(29)41)27-9-11-28(12-10-27)44-19-23-5-7-26(37)8-6-23/h5-18H,4,19-20H2,1-3H3,(H,38,40,42)/b29-16+. The molecule has 10 heteroatoms. The lowest BCUT2D eigenvalue weighted by atomic mass is 10.1. The Bertz CT molecular complexity index is 1770. The summed E-state index contributed by atoms with van der Waals surface area (Å²) < 4.78 is 18.4. The van der Waals surface area contributed by atoms with Gasteiger partial charge in [-0.05, 0) is 108 Å². The number of carbonyl (C=O) groups excluding carboxylic acids is 3. The van der Waals surface area contributed by atoms with Gasteiger partial charge in [0.1, 0.15) is 24.5 Å². The van der Waals surface area contributed by atoms with E-state index in [0.29, 0.717) is 52.1 Å². The first-order valence-corrected chi connectivity index (χ1v) is 15.3. The molecule has 45 heavy (non-hydrogen) atoms. The van der Waals surface area contributed by atoms with Crippen molar-refractivity contribution in [1.29, 1.82) is 0 Å². The molecule has 0 unspecified atom stereocenters. The van der Waals surface area contributed by atoms with Crippen molar-refractivity contribution < 1.29 is 28.6 Å². The molecule has 0 atom stereocenters. The maximum atomic E-state index is 13.5. The van der Waals surface area contributed by atoms with Gasteiger partial charge in [0.15, 0.2) is 11.5 Å². The summed E-state index contributed by atoms with van der Waals surface area (Å²) in [6.45, 7) is 6.92. The highest BCUT2D eigenvalue weighted by atomic mass is 79.9. The monoisotopic (exact) mass is 688 g/mol. The van der Waals surface area contributed by atoms with Crippen LogP contribution in [0.2, 0.25) is 5.02 Å². The number of hydrogen-bond acceptors (Lipinski definition) is 6. The topological polar surface area (TPSA) is 94.2 Å². The molecule has 4 amide bonds. The lowest BCUT2D eigenvalue weighted by Gasteiger charge is -2.26. The van der Waals surface area contributed by atoms with Gasteiger partial charge in [-0.25, -0.2) is 9.69 Å². The minimum absolute atomic E-state index is 0.212. The fourth-order valence-corrected chi connectivity index (χ4v) is 5.58. The number of aryl methyl sites for hydroxylation is 2. The normalized spacial score (nSPS) is 14.0. The number of imide groups is 2. The Morgan fingerprint density at radius 1 is 0.822 bits per heavy atom. The van der Waals surface area contributed by atoms with Gasteiger partial charge in [0.05, 0.1) is 16.8 Å². The van der Waals surface area contributed by atoms with Crippen molar-refractivity contribution in [1.82, 2.24) is 5.32 Å². The summed E-state index contributed by atoms with van der Waals surface area (Å²) >= 11 is 9.50. The van der Waals surface area contributed by atoms with Gasteiger partial charge in [-0.1, -0.05) is 53.1 Å². The number of urea groups is 1. The number of nitrogens with one attached hydrogen (secondary N) is 1. The zero-order valence-corrected chi connectivity index (χ0v) is 27.2. The van der Waals surface area contributed by atoms with Crippen LogP contribution in [0.3, 0.4) is 0 Å². The van der Waals surface area contributed by atoms with Crippen LogP contribution in [-0.4, -0.2) is 24.5 Å². The highest BCUT2D eigenvalue weighted by Crippen LogP contribution is 2.38. The number of benzene rings is 4. The number of hydrogen-bond donors (Lipinski definition) is 1. The molecule has 0 spiro atoms. The third kappa shape index (κ3) is 7.74. The van der Waals surface area contributed by atoms with Gasteiger partial charge in [0, 0.05) is 5.02 Å². The predicted octanol–water partition coefficient (Wildman–Crippen LogP) is 7.94. The molecule has 1 N–H and O–H groups in total. The molecule has 1 aliphatic rings. The molecule has 4 aromatic carbocycles. The minimum Gasteiger partial charge on any atom is -0.490 e. The van der Waals surface area contributed by atoms with Gasteiger partial charge in [0.25, 0.3) is 11.8 Å². The summed E-state index contributed by atoms with van der Waals surface area (Å²) in [5.74, 6) is -0.0867. The van der Waals surface area contributed by atoms with Gasteiger partial charge in [0.2, 0.25) is 0 Å². The lowest BCUT2D eigenvalue weighted by molar-refractivity contribution is -0.122. The van der Waals surface area contributed by atoms with Crippen LogP contribution in [0.15, 0.2) is 88.9 Å². The van der Waals surface area contributed by atoms with Gasteiger partial charge in [-0.15, -0.1) is 0 Å². The summed E-state index contributed by atoms with van der Waals surface area (Å²) in [6, 6.07) is 22.5. The summed E-state index contributed by atoms with van der Waals surface area (Å²) in [7, 11) is 0. The van der Waals surface area contributed by atoms with E-state index < -0.39 is 17.8 Å². The number of anilines is 1. The largest absolute Gasteiger partial charge is 0.490 e. The van der Waals surface area contributed by atoms with Crippen molar-refractivity contribution in [3.63, 3.8) is 0 Å². The highest BCUT2D eigenvalue weighted by Gasteiger charge is 2.37. The van der Waals surface area contributed by atoms with Crippen LogP contribution in [0, 0.1) is 13.8 Å². The van der Waals surface area contributed by atoms with Crippen LogP contribution in [0.4, 0.5) is 10.5 Å². The SMILES string of the molecule is CCOc1cc(/C=C2\C(=O)NC(=O)N(c3ccc(OCc4ccc(Cl)cc4)cc3)C2=O)cc(Br)c1OCc1cc(C)cc(C)c1. The van der Waals surface area contributed by atoms with E-state index in [2.05, 4.69) is 39.4 Å². The Kier molecular flexibility index (Phi) is 9.90. The van der Waals surface area contributed by atoms with Crippen molar-refractivity contribution in [3.8, 4) is 17.2 Å². The average molecular weight is 690 g/mol. The van der Waals surface area contributed by atoms with E-state index in [0.717, 1.165) is 27.2 Å². The van der Waals surface area contributed by atoms with Crippen LogP contribution >= 0.6 is 27.5 Å². The molecular formula is C35H30BrClN2O6. The average Bonchev–Trinajstić information content (AvgIpc) is 2.99. The fraction of sp³-hybridized carbons (Fsp3) is 0.171. The predicted molar refractivity (Wildman–Crippen MR) is 177 cm³/mol. The third-order valence-electron chi connectivity index (χ3n) is 6.82. The van der Waals surface area contributed by atoms with Crippen LogP contribution in [0.25, 0.3) is 6.08 Å². The number of ether oxygens (including phenoxy) is 3. The number of barbiturate groups is 1. The highest BCUT2D eigenvalue weighted by molar-refractivity contribution is 9.10. The quantitative estimate of drug-likeness (QED) is 0.134. The maximum absolute atomic E-state index is 13.5. The Hall–Kier alpha value is -4.60. The zero-order chi connectivity index (χ0) is 32.1. The van der Waals surface area contributed by atoms with Crippen molar-refractivity contribution in [2.24, 2.45) is 0 Å². The van der Waals surface area contributed by atoms with E-state index in [1.807, 2.05) is 32.9 Å². The number of carbonyl (C=O) groups is 3. The number of halogens is 2. The van der Waals surface area contributed by atoms with E-state index in [1.54, 1.807) is 48.5 Å². The van der Waals surface area contributed by atoms with E-state index >= 15 is 0 Å². The van der Waals surface area contributed by atoms with Gasteiger partial charge >= 0.3 is 6.03 Å². The second-order valence-electron chi connectivity index (χ2n) is 10.4. The Balaban J connectivity index is 1.35. The summed E-state index contributed by atoms with van der Waals surface area (Å²) in [5.41, 5.74) is 4.80. The van der Waals surface area contributed by atoms with E-state index in [9.17, 15) is 14.4 Å². The lowest BCUT2D eigenvalue weighted by Crippen LogP contribution is -2.54. The Morgan fingerprint density at radius 3 is 2.16 bits per heavy atom. The molecule has 1 fully saturated rings. The molecular weight excluding hydrogens is 660 g/mol. The molecule has 1 saturated heterocycles. The smallest absolute Gasteiger partial charge is 0.335 e. The summed E-state index contributed by atoms with van der Waals surface area (Å²) in [4.78, 5) is 40.0. The molecule has 8 nitrogen and oxygen atoms in total. The number of rotatable bonds is 10. The molecule has 4 aromatic rings. The zero-order valence-electron chi connectivity index (χ0n) is 24.9. The first kappa shape index (κ1) is 31.8. The molecule has 0 saturated carbocycles. The Morgan fingerprint density at radius 2 is 1.49 bits per heavy atom. The summed E-state index contributed by atoms with van der Waals surface area (Å²) in [6.07, 6.45) is 1.42. The number of amides is 4. The van der Waals surface area contributed by atoms with E-state index in [-0.39, 0.29) is 11.3 Å². The second kappa shape index (κ2) is 14.0. The molecule has 230 valence electrons. The van der Waals surface area contributed by atoms with Crippen molar-refractivity contribution >= 4 is 57.1 Å². The fourth-order valence-electron chi connectivity index (χ4n) is 4.88. The molecule has 0 radical (unpaired) electrons. The number of nitrogens with zero attached hydrogens (tertiary/aromatic N) is 1. The first-order valence-electron chi connectivity index (χ1n) is 14.2.